The quantitative estimate of drug-likeness (QED) is 0.0246. The van der Waals surface area contributed by atoms with Crippen LogP contribution in [0.1, 0.15) is 201 Å². The Morgan fingerprint density at radius 2 is 0.984 bits per heavy atom. The first-order valence-corrected chi connectivity index (χ1v) is 24.7. The number of carbonyl (C=O) groups excluding carboxylic acids is 2. The van der Waals surface area contributed by atoms with Crippen LogP contribution in [0.15, 0.2) is 109 Å². The largest absolute Gasteiger partial charge is 0.462 e. The molecule has 0 aliphatic carbocycles. The monoisotopic (exact) mass is 846 g/mol. The van der Waals surface area contributed by atoms with Gasteiger partial charge < -0.3 is 20.3 Å². The number of esters is 1. The fraction of sp³-hybridized carbons (Fsp3) is 0.636. The molecule has 6 heteroatoms. The minimum absolute atomic E-state index is 0.0112. The van der Waals surface area contributed by atoms with E-state index < -0.39 is 18.2 Å². The first-order valence-electron chi connectivity index (χ1n) is 24.7. The van der Waals surface area contributed by atoms with Crippen LogP contribution in [0.2, 0.25) is 0 Å². The highest BCUT2D eigenvalue weighted by atomic mass is 16.5. The lowest BCUT2D eigenvalue weighted by atomic mass is 10.0. The zero-order valence-corrected chi connectivity index (χ0v) is 39.2. The molecule has 0 saturated carbocycles. The van der Waals surface area contributed by atoms with E-state index in [2.05, 4.69) is 99.0 Å². The molecular formula is C55H91NO5. The molecule has 3 unspecified atom stereocenters. The van der Waals surface area contributed by atoms with Gasteiger partial charge in [0.15, 0.2) is 0 Å². The van der Waals surface area contributed by atoms with Crippen LogP contribution in [0.25, 0.3) is 0 Å². The van der Waals surface area contributed by atoms with Gasteiger partial charge in [-0.05, 0) is 83.5 Å². The van der Waals surface area contributed by atoms with Crippen molar-refractivity contribution in [3.63, 3.8) is 0 Å². The highest BCUT2D eigenvalue weighted by Crippen LogP contribution is 2.16. The maximum Gasteiger partial charge on any atom is 0.306 e. The van der Waals surface area contributed by atoms with E-state index in [0.717, 1.165) is 96.3 Å². The molecule has 0 bridgehead atoms. The summed E-state index contributed by atoms with van der Waals surface area (Å²) in [5.74, 6) is -0.592. The van der Waals surface area contributed by atoms with E-state index in [1.807, 2.05) is 36.5 Å². The van der Waals surface area contributed by atoms with Crippen molar-refractivity contribution in [2.75, 3.05) is 6.61 Å². The smallest absolute Gasteiger partial charge is 0.306 e. The van der Waals surface area contributed by atoms with Gasteiger partial charge in [0, 0.05) is 6.42 Å². The zero-order chi connectivity index (χ0) is 44.5. The second-order valence-electron chi connectivity index (χ2n) is 16.2. The van der Waals surface area contributed by atoms with Gasteiger partial charge in [-0.25, -0.2) is 0 Å². The van der Waals surface area contributed by atoms with Crippen molar-refractivity contribution in [2.45, 2.75) is 219 Å². The molecule has 1 amide bonds. The first-order chi connectivity index (χ1) is 30.0. The summed E-state index contributed by atoms with van der Waals surface area (Å²) in [4.78, 5) is 26.0. The van der Waals surface area contributed by atoms with Gasteiger partial charge in [-0.1, -0.05) is 214 Å². The molecule has 3 atom stereocenters. The molecule has 6 nitrogen and oxygen atoms in total. The molecule has 0 fully saturated rings. The van der Waals surface area contributed by atoms with Crippen molar-refractivity contribution in [1.29, 1.82) is 0 Å². The Morgan fingerprint density at radius 3 is 1.54 bits per heavy atom. The molecular weight excluding hydrogens is 755 g/mol. The number of allylic oxidation sites excluding steroid dienone is 18. The third-order valence-corrected chi connectivity index (χ3v) is 10.4. The molecule has 0 heterocycles. The Labute approximate surface area is 375 Å². The SMILES string of the molecule is CC/C=C\C/C=C\C/C=C\C/C=C\C/C=C\CCCCCC(=O)OC(CCC\C=C/C=C\C=C\C=C\CC)CC(=O)NC(CO)C(O)CCCCCCCCCCCCCC. The topological polar surface area (TPSA) is 95.9 Å². The minimum atomic E-state index is -0.816. The number of amides is 1. The normalized spacial score (nSPS) is 14.2. The highest BCUT2D eigenvalue weighted by molar-refractivity contribution is 5.77. The Hall–Kier alpha value is -3.48. The molecule has 0 saturated heterocycles. The van der Waals surface area contributed by atoms with Crippen molar-refractivity contribution in [1.82, 2.24) is 5.32 Å². The minimum Gasteiger partial charge on any atom is -0.462 e. The van der Waals surface area contributed by atoms with Gasteiger partial charge in [0.05, 0.1) is 25.2 Å². The van der Waals surface area contributed by atoms with Crippen molar-refractivity contribution in [3.8, 4) is 0 Å². The third-order valence-electron chi connectivity index (χ3n) is 10.4. The predicted octanol–water partition coefficient (Wildman–Crippen LogP) is 14.7. The van der Waals surface area contributed by atoms with E-state index in [4.69, 9.17) is 4.74 Å². The van der Waals surface area contributed by atoms with Gasteiger partial charge in [-0.15, -0.1) is 0 Å². The second kappa shape index (κ2) is 47.6. The maximum absolute atomic E-state index is 13.2. The number of carbonyl (C=O) groups is 2. The summed E-state index contributed by atoms with van der Waals surface area (Å²) in [7, 11) is 0. The fourth-order valence-electron chi connectivity index (χ4n) is 6.77. The molecule has 3 N–H and O–H groups in total. The van der Waals surface area contributed by atoms with Crippen LogP contribution in [-0.4, -0.2) is 46.9 Å². The van der Waals surface area contributed by atoms with Crippen LogP contribution < -0.4 is 5.32 Å². The van der Waals surface area contributed by atoms with Gasteiger partial charge in [-0.2, -0.15) is 0 Å². The number of aliphatic hydroxyl groups excluding tert-OH is 2. The summed E-state index contributed by atoms with van der Waals surface area (Å²) < 4.78 is 5.86. The summed E-state index contributed by atoms with van der Waals surface area (Å²) in [5.41, 5.74) is 0. The number of nitrogens with one attached hydrogen (secondary N) is 1. The lowest BCUT2D eigenvalue weighted by molar-refractivity contribution is -0.151. The summed E-state index contributed by atoms with van der Waals surface area (Å²) in [6.07, 6.45) is 64.4. The first kappa shape index (κ1) is 57.5. The van der Waals surface area contributed by atoms with Gasteiger partial charge in [0.1, 0.15) is 6.10 Å². The van der Waals surface area contributed by atoms with Crippen LogP contribution in [0.3, 0.4) is 0 Å². The number of hydrogen-bond donors (Lipinski definition) is 3. The zero-order valence-electron chi connectivity index (χ0n) is 39.2. The van der Waals surface area contributed by atoms with Crippen molar-refractivity contribution in [2.24, 2.45) is 0 Å². The van der Waals surface area contributed by atoms with Gasteiger partial charge >= 0.3 is 5.97 Å². The Bertz CT molecular complexity index is 1270. The molecule has 0 rings (SSSR count). The van der Waals surface area contributed by atoms with E-state index in [-0.39, 0.29) is 24.9 Å². The number of ether oxygens (including phenoxy) is 1. The number of hydrogen-bond acceptors (Lipinski definition) is 5. The van der Waals surface area contributed by atoms with Crippen LogP contribution in [0.5, 0.6) is 0 Å². The van der Waals surface area contributed by atoms with E-state index in [1.54, 1.807) is 0 Å². The second-order valence-corrected chi connectivity index (χ2v) is 16.2. The molecule has 0 aromatic rings. The van der Waals surface area contributed by atoms with Crippen LogP contribution in [0, 0.1) is 0 Å². The molecule has 0 aromatic carbocycles. The molecule has 0 spiro atoms. The van der Waals surface area contributed by atoms with Crippen molar-refractivity contribution >= 4 is 11.9 Å². The summed E-state index contributed by atoms with van der Waals surface area (Å²) >= 11 is 0. The molecule has 0 aliphatic rings. The van der Waals surface area contributed by atoms with Gasteiger partial charge in [0.2, 0.25) is 5.91 Å². The average molecular weight is 846 g/mol. The van der Waals surface area contributed by atoms with Gasteiger partial charge in [0.25, 0.3) is 0 Å². The average Bonchev–Trinajstić information content (AvgIpc) is 3.25. The van der Waals surface area contributed by atoms with Crippen LogP contribution in [0.4, 0.5) is 0 Å². The fourth-order valence-corrected chi connectivity index (χ4v) is 6.77. The lowest BCUT2D eigenvalue weighted by Gasteiger charge is -2.24. The van der Waals surface area contributed by atoms with Crippen molar-refractivity contribution in [3.05, 3.63) is 109 Å². The van der Waals surface area contributed by atoms with Gasteiger partial charge in [-0.3, -0.25) is 9.59 Å². The van der Waals surface area contributed by atoms with E-state index in [9.17, 15) is 19.8 Å². The molecule has 0 radical (unpaired) electrons. The van der Waals surface area contributed by atoms with E-state index in [0.29, 0.717) is 19.3 Å². The predicted molar refractivity (Wildman–Crippen MR) is 263 cm³/mol. The molecule has 61 heavy (non-hydrogen) atoms. The standard InChI is InChI=1S/C55H91NO5/c1-4-7-10-13-16-19-22-24-25-26-27-28-29-30-33-36-39-42-45-48-55(60)61-51(46-43-40-37-34-31-21-18-15-12-9-6-3)49-54(59)56-52(50-57)53(58)47-44-41-38-35-32-23-20-17-14-11-8-5-2/h7,9-10,12,15-16,18-19,21,24-25,27-28,30-31,33-34,37,51-53,57-58H,4-6,8,11,13-14,17,20,22-23,26,29,32,35-36,38-50H2,1-3H3,(H,56,59)/b10-7-,12-9+,18-15+,19-16-,25-24-,28-27-,31-21-,33-30-,37-34-. The number of aliphatic hydroxyl groups is 2. The van der Waals surface area contributed by atoms with E-state index >= 15 is 0 Å². The summed E-state index contributed by atoms with van der Waals surface area (Å²) in [5, 5.41) is 23.7. The molecule has 0 aliphatic heterocycles. The number of unbranched alkanes of at least 4 members (excludes halogenated alkanes) is 15. The maximum atomic E-state index is 13.2. The Balaban J connectivity index is 4.69. The van der Waals surface area contributed by atoms with E-state index in [1.165, 1.54) is 57.8 Å². The Morgan fingerprint density at radius 1 is 0.508 bits per heavy atom. The molecule has 0 aromatic heterocycles. The summed E-state index contributed by atoms with van der Waals surface area (Å²) in [6.45, 7) is 6.17. The third kappa shape index (κ3) is 43.0. The highest BCUT2D eigenvalue weighted by Gasteiger charge is 2.24. The van der Waals surface area contributed by atoms with Crippen LogP contribution >= 0.6 is 0 Å². The van der Waals surface area contributed by atoms with Crippen molar-refractivity contribution < 1.29 is 24.5 Å². The summed E-state index contributed by atoms with van der Waals surface area (Å²) in [6, 6.07) is -0.735. The lowest BCUT2D eigenvalue weighted by Crippen LogP contribution is -2.46. The Kier molecular flexibility index (Phi) is 44.9. The van der Waals surface area contributed by atoms with Crippen LogP contribution in [-0.2, 0) is 14.3 Å². The molecule has 346 valence electrons. The number of rotatable bonds is 42.